The Balaban J connectivity index is 2.19. The van der Waals surface area contributed by atoms with Gasteiger partial charge in [0.1, 0.15) is 0 Å². The average molecular weight is 219 g/mol. The Labute approximate surface area is 95.4 Å². The van der Waals surface area contributed by atoms with Gasteiger partial charge in [-0.05, 0) is 30.9 Å². The summed E-state index contributed by atoms with van der Waals surface area (Å²) >= 11 is 0. The van der Waals surface area contributed by atoms with Gasteiger partial charge in [0.15, 0.2) is 5.75 Å². The normalized spacial score (nSPS) is 9.75. The van der Waals surface area contributed by atoms with Gasteiger partial charge in [-0.1, -0.05) is 24.8 Å². The summed E-state index contributed by atoms with van der Waals surface area (Å²) in [7, 11) is 0. The first-order valence-electron chi connectivity index (χ1n) is 5.28. The van der Waals surface area contributed by atoms with Crippen molar-refractivity contribution in [2.24, 2.45) is 0 Å². The molecular weight excluding hydrogens is 204 g/mol. The molecule has 3 nitrogen and oxygen atoms in total. The van der Waals surface area contributed by atoms with Gasteiger partial charge in [-0.2, -0.15) is 0 Å². The van der Waals surface area contributed by atoms with Crippen LogP contribution in [0.4, 0.5) is 0 Å². The monoisotopic (exact) mass is 219 g/mol. The van der Waals surface area contributed by atoms with Crippen LogP contribution < -0.4 is 0 Å². The molecule has 0 aliphatic heterocycles. The number of para-hydroxylation sites is 1. The minimum absolute atomic E-state index is 0.0746. The topological polar surface area (TPSA) is 46.2 Å². The van der Waals surface area contributed by atoms with Crippen molar-refractivity contribution in [1.82, 2.24) is 0 Å². The molecule has 0 saturated heterocycles. The fourth-order valence-electron chi connectivity index (χ4n) is 1.36. The van der Waals surface area contributed by atoms with Crippen LogP contribution in [0.25, 0.3) is 0 Å². The molecule has 3 heteroatoms. The molecule has 0 unspecified atom stereocenters. The van der Waals surface area contributed by atoms with Gasteiger partial charge in [-0.25, -0.2) is 4.79 Å². The molecule has 0 atom stereocenters. The van der Waals surface area contributed by atoms with E-state index >= 15 is 0 Å². The fourth-order valence-corrected chi connectivity index (χ4v) is 1.36. The molecule has 0 spiro atoms. The first-order valence-corrected chi connectivity index (χ1v) is 5.28. The van der Waals surface area contributed by atoms with E-state index in [2.05, 4.69) is 6.58 Å². The molecule has 0 fully saturated rings. The molecule has 0 heterocycles. The summed E-state index contributed by atoms with van der Waals surface area (Å²) in [5, 5.41) is 11.3. The predicted molar refractivity (Wildman–Crippen MR) is 60.7 cm³/mol. The fraction of sp³-hybridized carbons (Fsp3) is 0.308. The number of unbranched alkanes of at least 4 members (excludes halogenated alkanes) is 1. The molecule has 1 aromatic carbocycles. The van der Waals surface area contributed by atoms with Gasteiger partial charge in [0.25, 0.3) is 0 Å². The molecule has 0 amide bonds. The third-order valence-electron chi connectivity index (χ3n) is 2.22. The Kier molecular flexibility index (Phi) is 5.12. The molecule has 0 bridgehead atoms. The van der Waals surface area contributed by atoms with Crippen molar-refractivity contribution >= 4 is 5.97 Å². The second-order valence-electron chi connectivity index (χ2n) is 3.44. The number of rotatable bonds is 6. The second-order valence-corrected chi connectivity index (χ2v) is 3.44. The number of carbonyl (C=O) groups excluding carboxylic acids is 1. The lowest BCUT2D eigenvalue weighted by atomic mass is 10.1. The zero-order valence-electron chi connectivity index (χ0n) is 9.15. The maximum Gasteiger partial charge on any atom is 0.330 e. The summed E-state index contributed by atoms with van der Waals surface area (Å²) < 4.78 is 4.82. The van der Waals surface area contributed by atoms with Gasteiger partial charge in [0.05, 0.1) is 6.61 Å². The summed E-state index contributed by atoms with van der Waals surface area (Å²) in [6.07, 6.45) is 3.47. The number of hydrogen-bond donors (Lipinski definition) is 0. The van der Waals surface area contributed by atoms with Gasteiger partial charge in [0.2, 0.25) is 0 Å². The largest absolute Gasteiger partial charge is 0.463 e. The third kappa shape index (κ3) is 4.17. The van der Waals surface area contributed by atoms with Crippen LogP contribution in [0.2, 0.25) is 0 Å². The zero-order valence-corrected chi connectivity index (χ0v) is 9.15. The lowest BCUT2D eigenvalue weighted by Gasteiger charge is -2.03. The van der Waals surface area contributed by atoms with Crippen molar-refractivity contribution in [2.45, 2.75) is 19.3 Å². The Bertz CT molecular complexity index is 358. The zero-order chi connectivity index (χ0) is 11.8. The Hall–Kier alpha value is -1.77. The minimum atomic E-state index is -0.399. The van der Waals surface area contributed by atoms with Crippen molar-refractivity contribution in [2.75, 3.05) is 6.61 Å². The second kappa shape index (κ2) is 6.67. The van der Waals surface area contributed by atoms with Crippen LogP contribution >= 0.6 is 0 Å². The highest BCUT2D eigenvalue weighted by atomic mass is 16.5. The molecule has 1 radical (unpaired) electrons. The summed E-state index contributed by atoms with van der Waals surface area (Å²) in [5.41, 5.74) is 0.817. The third-order valence-corrected chi connectivity index (χ3v) is 2.22. The highest BCUT2D eigenvalue weighted by Gasteiger charge is 2.01. The molecule has 1 aromatic rings. The quantitative estimate of drug-likeness (QED) is 0.419. The van der Waals surface area contributed by atoms with Gasteiger partial charge < -0.3 is 4.74 Å². The number of aryl methyl sites for hydroxylation is 1. The maximum atomic E-state index is 11.3. The van der Waals surface area contributed by atoms with Crippen LogP contribution in [-0.2, 0) is 21.1 Å². The van der Waals surface area contributed by atoms with E-state index in [4.69, 9.17) is 4.74 Å². The van der Waals surface area contributed by atoms with E-state index < -0.39 is 5.97 Å². The number of hydrogen-bond acceptors (Lipinski definition) is 2. The van der Waals surface area contributed by atoms with Gasteiger partial charge in [0, 0.05) is 6.08 Å². The lowest BCUT2D eigenvalue weighted by Crippen LogP contribution is -2.02. The van der Waals surface area contributed by atoms with Crippen LogP contribution in [0.5, 0.6) is 5.75 Å². The van der Waals surface area contributed by atoms with Crippen LogP contribution in [0.15, 0.2) is 36.9 Å². The molecule has 0 N–H and O–H groups in total. The van der Waals surface area contributed by atoms with Crippen LogP contribution in [-0.4, -0.2) is 12.6 Å². The number of carbonyl (C=O) groups is 1. The standard InChI is InChI=1S/C13H15O3/c1-2-13(15)16-10-6-5-8-11-7-3-4-9-12(11)14/h2-4,7,9H,1,5-6,8,10H2. The molecule has 0 aromatic heterocycles. The van der Waals surface area contributed by atoms with Crippen molar-refractivity contribution in [3.63, 3.8) is 0 Å². The molecular formula is C13H15O3. The van der Waals surface area contributed by atoms with Gasteiger partial charge in [-0.15, -0.1) is 0 Å². The van der Waals surface area contributed by atoms with Crippen LogP contribution in [0.3, 0.4) is 0 Å². The van der Waals surface area contributed by atoms with E-state index in [1.54, 1.807) is 12.1 Å². The Morgan fingerprint density at radius 3 is 2.75 bits per heavy atom. The minimum Gasteiger partial charge on any atom is -0.463 e. The molecule has 16 heavy (non-hydrogen) atoms. The van der Waals surface area contributed by atoms with Crippen LogP contribution in [0, 0.1) is 0 Å². The Morgan fingerprint density at radius 2 is 2.06 bits per heavy atom. The summed E-state index contributed by atoms with van der Waals surface area (Å²) in [6, 6.07) is 6.98. The summed E-state index contributed by atoms with van der Waals surface area (Å²) in [5.74, 6) is -0.324. The molecule has 0 aliphatic rings. The van der Waals surface area contributed by atoms with E-state index in [-0.39, 0.29) is 5.75 Å². The van der Waals surface area contributed by atoms with E-state index in [0.717, 1.165) is 30.9 Å². The highest BCUT2D eigenvalue weighted by Crippen LogP contribution is 2.18. The van der Waals surface area contributed by atoms with Crippen molar-refractivity contribution in [3.05, 3.63) is 42.5 Å². The number of ether oxygens (including phenoxy) is 1. The molecule has 1 rings (SSSR count). The van der Waals surface area contributed by atoms with E-state index in [1.165, 1.54) is 0 Å². The van der Waals surface area contributed by atoms with Gasteiger partial charge >= 0.3 is 5.97 Å². The molecule has 85 valence electrons. The first kappa shape index (κ1) is 12.3. The maximum absolute atomic E-state index is 11.3. The van der Waals surface area contributed by atoms with Crippen molar-refractivity contribution < 1.29 is 14.6 Å². The Morgan fingerprint density at radius 1 is 1.31 bits per heavy atom. The summed E-state index contributed by atoms with van der Waals surface area (Å²) in [6.45, 7) is 3.68. The summed E-state index contributed by atoms with van der Waals surface area (Å²) in [4.78, 5) is 10.7. The number of benzene rings is 1. The van der Waals surface area contributed by atoms with E-state index in [9.17, 15) is 9.90 Å². The number of esters is 1. The average Bonchev–Trinajstić information content (AvgIpc) is 2.30. The lowest BCUT2D eigenvalue weighted by molar-refractivity contribution is -0.137. The van der Waals surface area contributed by atoms with Crippen molar-refractivity contribution in [3.8, 4) is 5.75 Å². The smallest absolute Gasteiger partial charge is 0.330 e. The SMILES string of the molecule is C=CC(=O)OCCCCc1ccccc1[O]. The van der Waals surface area contributed by atoms with Gasteiger partial charge in [-0.3, -0.25) is 5.11 Å². The van der Waals surface area contributed by atoms with Crippen LogP contribution in [0.1, 0.15) is 18.4 Å². The highest BCUT2D eigenvalue weighted by molar-refractivity contribution is 5.81. The molecule has 0 aliphatic carbocycles. The molecule has 0 saturated carbocycles. The van der Waals surface area contributed by atoms with E-state index in [1.807, 2.05) is 12.1 Å². The van der Waals surface area contributed by atoms with E-state index in [0.29, 0.717) is 6.61 Å². The first-order chi connectivity index (χ1) is 7.74. The van der Waals surface area contributed by atoms with Crippen molar-refractivity contribution in [1.29, 1.82) is 0 Å². The predicted octanol–water partition coefficient (Wildman–Crippen LogP) is 2.88.